The summed E-state index contributed by atoms with van der Waals surface area (Å²) < 4.78 is 0. The van der Waals surface area contributed by atoms with Crippen LogP contribution in [0.25, 0.3) is 0 Å². The normalized spacial score (nSPS) is 16.9. The van der Waals surface area contributed by atoms with Gasteiger partial charge in [-0.3, -0.25) is 9.59 Å². The van der Waals surface area contributed by atoms with Crippen LogP contribution in [0.4, 0.5) is 11.4 Å². The van der Waals surface area contributed by atoms with E-state index >= 15 is 0 Å². The lowest BCUT2D eigenvalue weighted by molar-refractivity contribution is -0.116. The maximum atomic E-state index is 12.1. The topological polar surface area (TPSA) is 70.2 Å². The molecule has 2 aliphatic heterocycles. The Morgan fingerprint density at radius 2 is 2.05 bits per heavy atom. The van der Waals surface area contributed by atoms with Crippen molar-refractivity contribution >= 4 is 23.2 Å². The van der Waals surface area contributed by atoms with E-state index in [1.807, 2.05) is 25.1 Å². The van der Waals surface area contributed by atoms with Crippen LogP contribution in [0, 0.1) is 0 Å². The number of hydrogen-bond donors (Lipinski definition) is 3. The van der Waals surface area contributed by atoms with Gasteiger partial charge in [-0.1, -0.05) is 0 Å². The minimum Gasteiger partial charge on any atom is -0.326 e. The van der Waals surface area contributed by atoms with Crippen LogP contribution in [-0.4, -0.2) is 24.9 Å². The third-order valence-corrected chi connectivity index (χ3v) is 3.81. The van der Waals surface area contributed by atoms with Crippen molar-refractivity contribution in [1.82, 2.24) is 5.32 Å². The highest BCUT2D eigenvalue weighted by atomic mass is 16.2. The molecule has 1 aromatic carbocycles. The highest BCUT2D eigenvalue weighted by Gasteiger charge is 2.18. The lowest BCUT2D eigenvalue weighted by atomic mass is 10.0. The van der Waals surface area contributed by atoms with Crippen LogP contribution in [0.3, 0.4) is 0 Å². The Bertz CT molecular complexity index is 614. The second-order valence-corrected chi connectivity index (χ2v) is 5.21. The van der Waals surface area contributed by atoms with Crippen molar-refractivity contribution < 1.29 is 9.59 Å². The van der Waals surface area contributed by atoms with Gasteiger partial charge >= 0.3 is 0 Å². The summed E-state index contributed by atoms with van der Waals surface area (Å²) >= 11 is 0. The van der Waals surface area contributed by atoms with E-state index in [2.05, 4.69) is 16.0 Å². The predicted molar refractivity (Wildman–Crippen MR) is 77.6 cm³/mol. The second-order valence-electron chi connectivity index (χ2n) is 5.21. The molecule has 3 rings (SSSR count). The minimum absolute atomic E-state index is 0.0485. The van der Waals surface area contributed by atoms with Gasteiger partial charge in [0.2, 0.25) is 5.91 Å². The molecule has 5 heteroatoms. The average Bonchev–Trinajstić information content (AvgIpc) is 2.37. The van der Waals surface area contributed by atoms with E-state index in [0.29, 0.717) is 6.42 Å². The molecule has 0 aliphatic carbocycles. The lowest BCUT2D eigenvalue weighted by Crippen LogP contribution is -2.36. The Kier molecular flexibility index (Phi) is 3.28. The van der Waals surface area contributed by atoms with E-state index in [0.717, 1.165) is 47.6 Å². The van der Waals surface area contributed by atoms with Crippen LogP contribution in [0.1, 0.15) is 18.9 Å². The zero-order valence-corrected chi connectivity index (χ0v) is 11.4. The van der Waals surface area contributed by atoms with E-state index in [-0.39, 0.29) is 11.8 Å². The van der Waals surface area contributed by atoms with E-state index in [4.69, 9.17) is 0 Å². The van der Waals surface area contributed by atoms with Crippen molar-refractivity contribution in [3.8, 4) is 0 Å². The summed E-state index contributed by atoms with van der Waals surface area (Å²) in [5.74, 6) is -0.00589. The first-order valence-electron chi connectivity index (χ1n) is 6.77. The van der Waals surface area contributed by atoms with Crippen LogP contribution in [0.15, 0.2) is 29.3 Å². The van der Waals surface area contributed by atoms with Gasteiger partial charge in [0.1, 0.15) is 0 Å². The van der Waals surface area contributed by atoms with E-state index in [1.165, 1.54) is 0 Å². The fraction of sp³-hybridized carbons (Fsp3) is 0.333. The van der Waals surface area contributed by atoms with Gasteiger partial charge in [-0.15, -0.1) is 0 Å². The van der Waals surface area contributed by atoms with Crippen molar-refractivity contribution in [3.05, 3.63) is 34.9 Å². The molecule has 0 bridgehead atoms. The first-order chi connectivity index (χ1) is 9.63. The number of fused-ring (bicyclic) bond motifs is 1. The number of rotatable bonds is 2. The number of anilines is 2. The Labute approximate surface area is 117 Å². The second kappa shape index (κ2) is 5.09. The van der Waals surface area contributed by atoms with Gasteiger partial charge in [-0.2, -0.15) is 0 Å². The molecule has 1 aromatic rings. The van der Waals surface area contributed by atoms with E-state index in [9.17, 15) is 9.59 Å². The van der Waals surface area contributed by atoms with Crippen molar-refractivity contribution in [3.63, 3.8) is 0 Å². The summed E-state index contributed by atoms with van der Waals surface area (Å²) in [6, 6.07) is 5.60. The van der Waals surface area contributed by atoms with Gasteiger partial charge in [0, 0.05) is 36.5 Å². The minimum atomic E-state index is -0.0544. The molecule has 0 atom stereocenters. The first kappa shape index (κ1) is 12.9. The number of aryl methyl sites for hydroxylation is 1. The lowest BCUT2D eigenvalue weighted by Gasteiger charge is -2.22. The molecule has 0 saturated carbocycles. The van der Waals surface area contributed by atoms with Crippen molar-refractivity contribution in [2.75, 3.05) is 23.7 Å². The Hall–Kier alpha value is -2.14. The van der Waals surface area contributed by atoms with E-state index < -0.39 is 0 Å². The van der Waals surface area contributed by atoms with Crippen LogP contribution >= 0.6 is 0 Å². The highest BCUT2D eigenvalue weighted by Crippen LogP contribution is 2.26. The smallest absolute Gasteiger partial charge is 0.251 e. The third kappa shape index (κ3) is 2.44. The van der Waals surface area contributed by atoms with Gasteiger partial charge in [-0.25, -0.2) is 0 Å². The summed E-state index contributed by atoms with van der Waals surface area (Å²) in [5.41, 5.74) is 4.63. The number of carbonyl (C=O) groups excluding carboxylic acids is 2. The summed E-state index contributed by atoms with van der Waals surface area (Å²) in [4.78, 5) is 23.4. The summed E-state index contributed by atoms with van der Waals surface area (Å²) in [6.45, 7) is 3.45. The third-order valence-electron chi connectivity index (χ3n) is 3.81. The van der Waals surface area contributed by atoms with Gasteiger partial charge in [0.25, 0.3) is 5.91 Å². The molecule has 5 nitrogen and oxygen atoms in total. The zero-order chi connectivity index (χ0) is 14.1. The van der Waals surface area contributed by atoms with Crippen LogP contribution in [-0.2, 0) is 16.0 Å². The Morgan fingerprint density at radius 1 is 1.25 bits per heavy atom. The van der Waals surface area contributed by atoms with Crippen molar-refractivity contribution in [1.29, 1.82) is 0 Å². The van der Waals surface area contributed by atoms with Crippen LogP contribution in [0.5, 0.6) is 0 Å². The number of amides is 2. The molecule has 0 unspecified atom stereocenters. The van der Waals surface area contributed by atoms with Gasteiger partial charge in [0.15, 0.2) is 0 Å². The zero-order valence-electron chi connectivity index (χ0n) is 11.4. The molecule has 1 saturated heterocycles. The maximum Gasteiger partial charge on any atom is 0.251 e. The fourth-order valence-corrected chi connectivity index (χ4v) is 2.36. The number of nitrogens with one attached hydrogen (secondary N) is 3. The highest BCUT2D eigenvalue weighted by molar-refractivity contribution is 6.04. The molecule has 20 heavy (non-hydrogen) atoms. The molecule has 1 fully saturated rings. The number of hydrogen-bond acceptors (Lipinski definition) is 3. The molecule has 3 N–H and O–H groups in total. The molecule has 2 heterocycles. The molecule has 0 radical (unpaired) electrons. The van der Waals surface area contributed by atoms with Crippen LogP contribution in [0.2, 0.25) is 0 Å². The van der Waals surface area contributed by atoms with Crippen molar-refractivity contribution in [2.45, 2.75) is 19.8 Å². The number of benzene rings is 1. The molecule has 2 amide bonds. The summed E-state index contributed by atoms with van der Waals surface area (Å²) in [5, 5.41) is 8.87. The molecule has 0 spiro atoms. The largest absolute Gasteiger partial charge is 0.326 e. The average molecular weight is 271 g/mol. The van der Waals surface area contributed by atoms with Gasteiger partial charge in [-0.05, 0) is 42.7 Å². The predicted octanol–water partition coefficient (Wildman–Crippen LogP) is 1.43. The molecule has 104 valence electrons. The summed E-state index contributed by atoms with van der Waals surface area (Å²) in [6.07, 6.45) is 1.22. The Balaban J connectivity index is 1.75. The van der Waals surface area contributed by atoms with Gasteiger partial charge in [0.05, 0.1) is 0 Å². The van der Waals surface area contributed by atoms with Crippen molar-refractivity contribution in [2.24, 2.45) is 0 Å². The quantitative estimate of drug-likeness (QED) is 0.713. The molecular weight excluding hydrogens is 254 g/mol. The maximum absolute atomic E-state index is 12.1. The van der Waals surface area contributed by atoms with Crippen LogP contribution < -0.4 is 16.0 Å². The standard InChI is InChI=1S/C15H17N3O2/c1-9(11-7-16-8-11)15(20)17-12-3-4-13-10(6-12)2-5-14(19)18-13/h3-4,6,16H,2,5,7-8H2,1H3,(H,17,20)(H,18,19). The Morgan fingerprint density at radius 3 is 2.75 bits per heavy atom. The van der Waals surface area contributed by atoms with E-state index in [1.54, 1.807) is 0 Å². The molecular formula is C15H17N3O2. The first-order valence-corrected chi connectivity index (χ1v) is 6.77. The number of carbonyl (C=O) groups is 2. The monoisotopic (exact) mass is 271 g/mol. The summed E-state index contributed by atoms with van der Waals surface area (Å²) in [7, 11) is 0. The molecule has 2 aliphatic rings. The SMILES string of the molecule is CC(C(=O)Nc1ccc2c(c1)CCC(=O)N2)=C1CNC1. The fourth-order valence-electron chi connectivity index (χ4n) is 2.36. The molecule has 0 aromatic heterocycles. The van der Waals surface area contributed by atoms with Gasteiger partial charge < -0.3 is 16.0 Å².